The maximum atomic E-state index is 12.0. The van der Waals surface area contributed by atoms with Gasteiger partial charge in [0.15, 0.2) is 11.5 Å². The molecular formula is C24H36O5. The number of carbonyl (C=O) groups is 2. The van der Waals surface area contributed by atoms with E-state index in [1.165, 1.54) is 0 Å². The van der Waals surface area contributed by atoms with Gasteiger partial charge in [-0.15, -0.1) is 0 Å². The molecule has 0 aliphatic rings. The lowest BCUT2D eigenvalue weighted by atomic mass is 10.1. The highest BCUT2D eigenvalue weighted by Crippen LogP contribution is 2.29. The van der Waals surface area contributed by atoms with E-state index in [1.54, 1.807) is 25.3 Å². The van der Waals surface area contributed by atoms with Gasteiger partial charge in [0.2, 0.25) is 0 Å². The number of esters is 2. The number of rotatable bonds is 15. The second-order valence-electron chi connectivity index (χ2n) is 7.09. The van der Waals surface area contributed by atoms with Crippen LogP contribution >= 0.6 is 0 Å². The Morgan fingerprint density at radius 2 is 1.52 bits per heavy atom. The molecule has 1 rings (SSSR count). The van der Waals surface area contributed by atoms with E-state index in [9.17, 15) is 9.59 Å². The molecule has 0 aliphatic carbocycles. The fourth-order valence-corrected chi connectivity index (χ4v) is 2.84. The van der Waals surface area contributed by atoms with Crippen LogP contribution in [0.5, 0.6) is 11.5 Å². The molecule has 1 aromatic carbocycles. The van der Waals surface area contributed by atoms with Crippen LogP contribution in [0.2, 0.25) is 0 Å². The van der Waals surface area contributed by atoms with Gasteiger partial charge in [-0.2, -0.15) is 0 Å². The Morgan fingerprint density at radius 1 is 0.862 bits per heavy atom. The molecular weight excluding hydrogens is 368 g/mol. The molecule has 29 heavy (non-hydrogen) atoms. The summed E-state index contributed by atoms with van der Waals surface area (Å²) in [7, 11) is 1.54. The van der Waals surface area contributed by atoms with Crippen molar-refractivity contribution in [3.05, 3.63) is 29.8 Å². The lowest BCUT2D eigenvalue weighted by molar-refractivity contribution is -0.142. The van der Waals surface area contributed by atoms with E-state index in [2.05, 4.69) is 13.8 Å². The van der Waals surface area contributed by atoms with Gasteiger partial charge in [-0.3, -0.25) is 9.59 Å². The number of methoxy groups -OCH3 is 1. The average molecular weight is 405 g/mol. The van der Waals surface area contributed by atoms with Crippen LogP contribution in [0, 0.1) is 0 Å². The van der Waals surface area contributed by atoms with Crippen LogP contribution in [-0.2, 0) is 14.3 Å². The van der Waals surface area contributed by atoms with Gasteiger partial charge in [-0.1, -0.05) is 64.5 Å². The van der Waals surface area contributed by atoms with Crippen LogP contribution in [0.25, 0.3) is 6.08 Å². The highest BCUT2D eigenvalue weighted by atomic mass is 16.6. The van der Waals surface area contributed by atoms with Crippen molar-refractivity contribution >= 4 is 18.0 Å². The lowest BCUT2D eigenvalue weighted by Crippen LogP contribution is -2.08. The Hall–Kier alpha value is -2.30. The molecule has 0 fully saturated rings. The third-order valence-corrected chi connectivity index (χ3v) is 4.53. The van der Waals surface area contributed by atoms with Gasteiger partial charge < -0.3 is 14.2 Å². The van der Waals surface area contributed by atoms with Crippen LogP contribution < -0.4 is 9.47 Å². The first kappa shape index (κ1) is 24.7. The largest absolute Gasteiger partial charge is 0.493 e. The van der Waals surface area contributed by atoms with E-state index in [1.807, 2.05) is 12.1 Å². The number of benzene rings is 1. The quantitative estimate of drug-likeness (QED) is 0.201. The van der Waals surface area contributed by atoms with E-state index >= 15 is 0 Å². The minimum atomic E-state index is -0.242. The summed E-state index contributed by atoms with van der Waals surface area (Å²) < 4.78 is 16.0. The van der Waals surface area contributed by atoms with Gasteiger partial charge in [-0.05, 0) is 36.6 Å². The molecule has 0 spiro atoms. The van der Waals surface area contributed by atoms with E-state index in [-0.39, 0.29) is 18.5 Å². The number of hydrogen-bond acceptors (Lipinski definition) is 5. The van der Waals surface area contributed by atoms with Gasteiger partial charge in [0.25, 0.3) is 0 Å². The molecule has 5 heteroatoms. The zero-order chi connectivity index (χ0) is 21.3. The van der Waals surface area contributed by atoms with Crippen molar-refractivity contribution in [2.45, 2.75) is 78.1 Å². The molecule has 0 atom stereocenters. The normalized spacial score (nSPS) is 10.9. The molecule has 0 saturated heterocycles. The summed E-state index contributed by atoms with van der Waals surface area (Å²) in [5, 5.41) is 0. The van der Waals surface area contributed by atoms with Crippen molar-refractivity contribution in [3.63, 3.8) is 0 Å². The second kappa shape index (κ2) is 15.6. The Kier molecular flexibility index (Phi) is 13.3. The van der Waals surface area contributed by atoms with Crippen molar-refractivity contribution in [2.75, 3.05) is 13.7 Å². The fourth-order valence-electron chi connectivity index (χ4n) is 2.84. The molecule has 5 nitrogen and oxygen atoms in total. The summed E-state index contributed by atoms with van der Waals surface area (Å²) in [5.74, 6) is 0.517. The lowest BCUT2D eigenvalue weighted by Gasteiger charge is -2.10. The molecule has 0 unspecified atom stereocenters. The highest BCUT2D eigenvalue weighted by Gasteiger charge is 2.10. The fraction of sp³-hybridized carbons (Fsp3) is 0.583. The zero-order valence-electron chi connectivity index (χ0n) is 18.2. The van der Waals surface area contributed by atoms with Crippen molar-refractivity contribution < 1.29 is 23.8 Å². The maximum absolute atomic E-state index is 12.0. The number of hydrogen-bond donors (Lipinski definition) is 0. The molecule has 0 heterocycles. The summed E-state index contributed by atoms with van der Waals surface area (Å²) >= 11 is 0. The average Bonchev–Trinajstić information content (AvgIpc) is 2.72. The van der Waals surface area contributed by atoms with Crippen LogP contribution in [-0.4, -0.2) is 25.7 Å². The Bertz CT molecular complexity index is 636. The summed E-state index contributed by atoms with van der Waals surface area (Å²) in [6, 6.07) is 5.36. The smallest absolute Gasteiger partial charge is 0.311 e. The van der Waals surface area contributed by atoms with Crippen LogP contribution in [0.15, 0.2) is 24.3 Å². The number of carbonyl (C=O) groups excluding carboxylic acids is 2. The third kappa shape index (κ3) is 11.3. The molecule has 0 aliphatic heterocycles. The van der Waals surface area contributed by atoms with E-state index in [0.29, 0.717) is 24.3 Å². The van der Waals surface area contributed by atoms with Crippen molar-refractivity contribution in [1.29, 1.82) is 0 Å². The molecule has 162 valence electrons. The van der Waals surface area contributed by atoms with Gasteiger partial charge in [0, 0.05) is 12.8 Å². The van der Waals surface area contributed by atoms with E-state index in [0.717, 1.165) is 56.9 Å². The van der Waals surface area contributed by atoms with Crippen molar-refractivity contribution in [3.8, 4) is 11.5 Å². The zero-order valence-corrected chi connectivity index (χ0v) is 18.2. The minimum absolute atomic E-state index is 0.162. The monoisotopic (exact) mass is 404 g/mol. The topological polar surface area (TPSA) is 61.8 Å². The predicted octanol–water partition coefficient (Wildman–Crippen LogP) is 6.10. The molecule has 0 saturated carbocycles. The first-order valence-corrected chi connectivity index (χ1v) is 10.8. The Balaban J connectivity index is 2.44. The molecule has 0 aromatic heterocycles. The first-order chi connectivity index (χ1) is 14.1. The summed E-state index contributed by atoms with van der Waals surface area (Å²) in [6.07, 6.45) is 12.9. The molecule has 0 bridgehead atoms. The van der Waals surface area contributed by atoms with Gasteiger partial charge >= 0.3 is 11.9 Å². The third-order valence-electron chi connectivity index (χ3n) is 4.53. The summed E-state index contributed by atoms with van der Waals surface area (Å²) in [4.78, 5) is 23.6. The Labute approximate surface area is 175 Å². The molecule has 0 amide bonds. The van der Waals surface area contributed by atoms with Crippen LogP contribution in [0.3, 0.4) is 0 Å². The number of unbranched alkanes of at least 4 members (excludes halogenated alkanes) is 6. The van der Waals surface area contributed by atoms with Gasteiger partial charge in [-0.25, -0.2) is 0 Å². The molecule has 0 radical (unpaired) electrons. The second-order valence-corrected chi connectivity index (χ2v) is 7.09. The number of ether oxygens (including phenoxy) is 3. The first-order valence-electron chi connectivity index (χ1n) is 10.8. The summed E-state index contributed by atoms with van der Waals surface area (Å²) in [6.45, 7) is 4.52. The predicted molar refractivity (Wildman–Crippen MR) is 116 cm³/mol. The molecule has 0 N–H and O–H groups in total. The summed E-state index contributed by atoms with van der Waals surface area (Å²) in [5.41, 5.74) is 0.878. The van der Waals surface area contributed by atoms with Gasteiger partial charge in [0.05, 0.1) is 7.11 Å². The van der Waals surface area contributed by atoms with E-state index < -0.39 is 0 Å². The standard InChI is InChI=1S/C24H36O5/c1-4-6-8-10-14-23(25)28-18-12-13-20-16-17-21(22(19-20)27-3)29-24(26)15-11-9-7-5-2/h12-13,16-17,19H,4-11,14-15,18H2,1-3H3/b13-12+. The minimum Gasteiger partial charge on any atom is -0.493 e. The van der Waals surface area contributed by atoms with Crippen LogP contribution in [0.4, 0.5) is 0 Å². The van der Waals surface area contributed by atoms with Crippen molar-refractivity contribution in [1.82, 2.24) is 0 Å². The van der Waals surface area contributed by atoms with Crippen LogP contribution in [0.1, 0.15) is 83.6 Å². The maximum Gasteiger partial charge on any atom is 0.311 e. The highest BCUT2D eigenvalue weighted by molar-refractivity contribution is 5.73. The van der Waals surface area contributed by atoms with Crippen molar-refractivity contribution in [2.24, 2.45) is 0 Å². The van der Waals surface area contributed by atoms with Gasteiger partial charge in [0.1, 0.15) is 6.61 Å². The molecule has 1 aromatic rings. The van der Waals surface area contributed by atoms with E-state index in [4.69, 9.17) is 14.2 Å². The Morgan fingerprint density at radius 3 is 2.14 bits per heavy atom. The SMILES string of the molecule is CCCCCCC(=O)OC/C=C/c1ccc(OC(=O)CCCCCC)c(OC)c1.